The van der Waals surface area contributed by atoms with Crippen molar-refractivity contribution in [2.24, 2.45) is 0 Å². The SMILES string of the molecule is CC(C)NCc1sccc1S(=O)(=O)NC(C)C. The summed E-state index contributed by atoms with van der Waals surface area (Å²) >= 11 is 1.46. The van der Waals surface area contributed by atoms with Gasteiger partial charge in [-0.15, -0.1) is 11.3 Å². The second kappa shape index (κ2) is 5.95. The van der Waals surface area contributed by atoms with Crippen molar-refractivity contribution in [1.82, 2.24) is 10.0 Å². The normalized spacial score (nSPS) is 12.6. The Bertz CT molecular complexity index is 450. The van der Waals surface area contributed by atoms with Gasteiger partial charge in [0.1, 0.15) is 0 Å². The summed E-state index contributed by atoms with van der Waals surface area (Å²) in [7, 11) is -3.37. The Morgan fingerprint density at radius 1 is 1.24 bits per heavy atom. The maximum absolute atomic E-state index is 12.0. The minimum absolute atomic E-state index is 0.0918. The summed E-state index contributed by atoms with van der Waals surface area (Å²) in [6, 6.07) is 1.91. The monoisotopic (exact) mass is 276 g/mol. The molecule has 0 radical (unpaired) electrons. The van der Waals surface area contributed by atoms with Gasteiger partial charge in [-0.25, -0.2) is 13.1 Å². The van der Waals surface area contributed by atoms with E-state index >= 15 is 0 Å². The Kier molecular flexibility index (Phi) is 5.12. The minimum Gasteiger partial charge on any atom is -0.310 e. The zero-order valence-corrected chi connectivity index (χ0v) is 12.3. The molecular weight excluding hydrogens is 256 g/mol. The van der Waals surface area contributed by atoms with Crippen LogP contribution in [0.3, 0.4) is 0 Å². The molecule has 0 aliphatic carbocycles. The molecule has 0 atom stereocenters. The average Bonchev–Trinajstić information content (AvgIpc) is 2.60. The van der Waals surface area contributed by atoms with E-state index in [1.165, 1.54) is 11.3 Å². The number of thiophene rings is 1. The molecule has 4 nitrogen and oxygen atoms in total. The van der Waals surface area contributed by atoms with E-state index < -0.39 is 10.0 Å². The van der Waals surface area contributed by atoms with Crippen LogP contribution in [0.15, 0.2) is 16.3 Å². The largest absolute Gasteiger partial charge is 0.310 e. The molecule has 0 spiro atoms. The second-order valence-corrected chi connectivity index (χ2v) is 7.20. The lowest BCUT2D eigenvalue weighted by Crippen LogP contribution is -2.31. The first-order chi connectivity index (χ1) is 7.83. The zero-order valence-electron chi connectivity index (χ0n) is 10.6. The van der Waals surface area contributed by atoms with Crippen LogP contribution in [0.4, 0.5) is 0 Å². The average molecular weight is 276 g/mol. The number of sulfonamides is 1. The molecule has 0 aliphatic heterocycles. The molecule has 6 heteroatoms. The van der Waals surface area contributed by atoms with Crippen molar-refractivity contribution in [2.45, 2.75) is 51.2 Å². The third kappa shape index (κ3) is 4.39. The first kappa shape index (κ1) is 14.6. The van der Waals surface area contributed by atoms with Gasteiger partial charge in [-0.05, 0) is 25.3 Å². The summed E-state index contributed by atoms with van der Waals surface area (Å²) in [6.45, 7) is 8.29. The molecule has 0 saturated carbocycles. The van der Waals surface area contributed by atoms with E-state index in [0.717, 1.165) is 4.88 Å². The van der Waals surface area contributed by atoms with Crippen molar-refractivity contribution in [3.8, 4) is 0 Å². The molecule has 17 heavy (non-hydrogen) atoms. The summed E-state index contributed by atoms with van der Waals surface area (Å²) in [5.41, 5.74) is 0. The molecule has 0 amide bonds. The van der Waals surface area contributed by atoms with Gasteiger partial charge in [0.2, 0.25) is 10.0 Å². The summed E-state index contributed by atoms with van der Waals surface area (Å²) in [6.07, 6.45) is 0. The highest BCUT2D eigenvalue weighted by Gasteiger charge is 2.20. The van der Waals surface area contributed by atoms with Gasteiger partial charge in [0.15, 0.2) is 0 Å². The summed E-state index contributed by atoms with van der Waals surface area (Å²) in [4.78, 5) is 1.25. The van der Waals surface area contributed by atoms with Gasteiger partial charge >= 0.3 is 0 Å². The number of hydrogen-bond acceptors (Lipinski definition) is 4. The van der Waals surface area contributed by atoms with Gasteiger partial charge in [-0.2, -0.15) is 0 Å². The highest BCUT2D eigenvalue weighted by atomic mass is 32.2. The first-order valence-corrected chi connectivity index (χ1v) is 8.01. The Morgan fingerprint density at radius 2 is 1.88 bits per heavy atom. The molecule has 0 saturated heterocycles. The predicted molar refractivity (Wildman–Crippen MR) is 71.8 cm³/mol. The second-order valence-electron chi connectivity index (χ2n) is 4.52. The fourth-order valence-corrected chi connectivity index (χ4v) is 4.01. The van der Waals surface area contributed by atoms with Gasteiger partial charge < -0.3 is 5.32 Å². The van der Waals surface area contributed by atoms with Crippen LogP contribution < -0.4 is 10.0 Å². The number of rotatable bonds is 6. The molecule has 1 heterocycles. The molecule has 0 aliphatic rings. The smallest absolute Gasteiger partial charge is 0.241 e. The van der Waals surface area contributed by atoms with Gasteiger partial charge in [-0.1, -0.05) is 13.8 Å². The molecule has 2 N–H and O–H groups in total. The number of nitrogens with one attached hydrogen (secondary N) is 2. The molecule has 0 unspecified atom stereocenters. The van der Waals surface area contributed by atoms with Crippen LogP contribution in [0.5, 0.6) is 0 Å². The van der Waals surface area contributed by atoms with Gasteiger partial charge in [0, 0.05) is 23.5 Å². The Balaban J connectivity index is 2.88. The van der Waals surface area contributed by atoms with Gasteiger partial charge in [-0.3, -0.25) is 0 Å². The fourth-order valence-electron chi connectivity index (χ4n) is 1.37. The van der Waals surface area contributed by atoms with Crippen LogP contribution in [0, 0.1) is 0 Å². The van der Waals surface area contributed by atoms with Crippen LogP contribution in [0.25, 0.3) is 0 Å². The molecule has 0 fully saturated rings. The zero-order chi connectivity index (χ0) is 13.1. The highest BCUT2D eigenvalue weighted by Crippen LogP contribution is 2.22. The first-order valence-electron chi connectivity index (χ1n) is 5.65. The Hall–Kier alpha value is -0.430. The van der Waals surface area contributed by atoms with Crippen LogP contribution in [0.2, 0.25) is 0 Å². The summed E-state index contributed by atoms with van der Waals surface area (Å²) in [5, 5.41) is 5.04. The van der Waals surface area contributed by atoms with Crippen molar-refractivity contribution in [3.63, 3.8) is 0 Å². The van der Waals surface area contributed by atoms with Crippen molar-refractivity contribution in [3.05, 3.63) is 16.3 Å². The molecule has 1 aromatic rings. The van der Waals surface area contributed by atoms with E-state index in [9.17, 15) is 8.42 Å². The van der Waals surface area contributed by atoms with Crippen molar-refractivity contribution in [1.29, 1.82) is 0 Å². The van der Waals surface area contributed by atoms with Crippen LogP contribution in [-0.4, -0.2) is 20.5 Å². The molecule has 0 aromatic carbocycles. The van der Waals surface area contributed by atoms with E-state index in [-0.39, 0.29) is 6.04 Å². The van der Waals surface area contributed by atoms with Gasteiger partial charge in [0.25, 0.3) is 0 Å². The summed E-state index contributed by atoms with van der Waals surface area (Å²) in [5.74, 6) is 0. The van der Waals surface area contributed by atoms with E-state index in [4.69, 9.17) is 0 Å². The molecular formula is C11H20N2O2S2. The minimum atomic E-state index is -3.37. The van der Waals surface area contributed by atoms with Crippen molar-refractivity contribution < 1.29 is 8.42 Å². The number of hydrogen-bond donors (Lipinski definition) is 2. The van der Waals surface area contributed by atoms with Crippen LogP contribution >= 0.6 is 11.3 Å². The fraction of sp³-hybridized carbons (Fsp3) is 0.636. The van der Waals surface area contributed by atoms with Crippen LogP contribution in [0.1, 0.15) is 32.6 Å². The highest BCUT2D eigenvalue weighted by molar-refractivity contribution is 7.89. The molecule has 0 bridgehead atoms. The maximum Gasteiger partial charge on any atom is 0.241 e. The lowest BCUT2D eigenvalue weighted by atomic mass is 10.4. The molecule has 1 rings (SSSR count). The Morgan fingerprint density at radius 3 is 2.41 bits per heavy atom. The molecule has 98 valence electrons. The quantitative estimate of drug-likeness (QED) is 0.835. The van der Waals surface area contributed by atoms with E-state index in [0.29, 0.717) is 17.5 Å². The summed E-state index contributed by atoms with van der Waals surface area (Å²) < 4.78 is 26.7. The van der Waals surface area contributed by atoms with Crippen molar-refractivity contribution >= 4 is 21.4 Å². The predicted octanol–water partition coefficient (Wildman–Crippen LogP) is 1.93. The van der Waals surface area contributed by atoms with Gasteiger partial charge in [0.05, 0.1) is 4.90 Å². The van der Waals surface area contributed by atoms with E-state index in [2.05, 4.69) is 10.0 Å². The van der Waals surface area contributed by atoms with Crippen LogP contribution in [-0.2, 0) is 16.6 Å². The lowest BCUT2D eigenvalue weighted by molar-refractivity contribution is 0.563. The maximum atomic E-state index is 12.0. The third-order valence-corrected chi connectivity index (χ3v) is 4.85. The topological polar surface area (TPSA) is 58.2 Å². The third-order valence-electron chi connectivity index (χ3n) is 2.06. The standard InChI is InChI=1S/C11H20N2O2S2/c1-8(2)12-7-10-11(5-6-16-10)17(14,15)13-9(3)4/h5-6,8-9,12-13H,7H2,1-4H3. The molecule has 1 aromatic heterocycles. The Labute approximate surface area is 107 Å². The van der Waals surface area contributed by atoms with E-state index in [1.54, 1.807) is 6.07 Å². The van der Waals surface area contributed by atoms with E-state index in [1.807, 2.05) is 33.1 Å². The van der Waals surface area contributed by atoms with Crippen molar-refractivity contribution in [2.75, 3.05) is 0 Å². The lowest BCUT2D eigenvalue weighted by Gasteiger charge is -2.11.